The second-order valence-electron chi connectivity index (χ2n) is 5.70. The molecule has 0 aliphatic carbocycles. The molecule has 1 aromatic rings. The summed E-state index contributed by atoms with van der Waals surface area (Å²) in [4.78, 5) is 16.0. The Labute approximate surface area is 144 Å². The summed E-state index contributed by atoms with van der Waals surface area (Å²) < 4.78 is 23.4. The molecule has 24 heavy (non-hydrogen) atoms. The van der Waals surface area contributed by atoms with Crippen LogP contribution in [0.4, 0.5) is 0 Å². The van der Waals surface area contributed by atoms with Crippen molar-refractivity contribution in [3.8, 4) is 0 Å². The Kier molecular flexibility index (Phi) is 6.99. The van der Waals surface area contributed by atoms with Crippen LogP contribution in [0.3, 0.4) is 0 Å². The van der Waals surface area contributed by atoms with Crippen LogP contribution in [-0.2, 0) is 18.4 Å². The number of rotatable bonds is 8. The minimum absolute atomic E-state index is 0.0455. The van der Waals surface area contributed by atoms with Crippen LogP contribution in [0, 0.1) is 0 Å². The molecule has 0 N–H and O–H groups in total. The van der Waals surface area contributed by atoms with E-state index in [-0.39, 0.29) is 12.1 Å². The van der Waals surface area contributed by atoms with Crippen molar-refractivity contribution in [2.45, 2.75) is 26.9 Å². The third kappa shape index (κ3) is 4.67. The van der Waals surface area contributed by atoms with Crippen LogP contribution in [0.15, 0.2) is 30.3 Å². The van der Waals surface area contributed by atoms with Crippen molar-refractivity contribution in [3.63, 3.8) is 0 Å². The number of nitrogens with zero attached hydrogens (tertiary/aromatic N) is 2. The molecular formula is C17H27N2O4P. The molecule has 2 rings (SSSR count). The highest BCUT2D eigenvalue weighted by Gasteiger charge is 2.36. The van der Waals surface area contributed by atoms with E-state index in [1.54, 1.807) is 6.92 Å². The van der Waals surface area contributed by atoms with E-state index in [1.165, 1.54) is 0 Å². The number of hydrogen-bond donors (Lipinski definition) is 0. The van der Waals surface area contributed by atoms with Gasteiger partial charge in [-0.1, -0.05) is 30.3 Å². The number of hydrogen-bond acceptors (Lipinski definition) is 5. The fourth-order valence-corrected chi connectivity index (χ4v) is 4.69. The quantitative estimate of drug-likeness (QED) is 0.672. The predicted octanol–water partition coefficient (Wildman–Crippen LogP) is 3.12. The van der Waals surface area contributed by atoms with Gasteiger partial charge in [-0.05, 0) is 19.4 Å². The van der Waals surface area contributed by atoms with Gasteiger partial charge in [0, 0.05) is 26.6 Å². The largest absolute Gasteiger partial charge is 0.331 e. The summed E-state index contributed by atoms with van der Waals surface area (Å²) in [6, 6.07) is 9.93. The zero-order valence-corrected chi connectivity index (χ0v) is 15.6. The van der Waals surface area contributed by atoms with Gasteiger partial charge in [0.25, 0.3) is 0 Å². The van der Waals surface area contributed by atoms with Crippen molar-refractivity contribution in [3.05, 3.63) is 35.9 Å². The molecule has 134 valence electrons. The highest BCUT2D eigenvalue weighted by Crippen LogP contribution is 2.48. The zero-order valence-electron chi connectivity index (χ0n) is 14.7. The van der Waals surface area contributed by atoms with Gasteiger partial charge in [-0.25, -0.2) is 0 Å². The monoisotopic (exact) mass is 354 g/mol. The molecule has 7 heteroatoms. The molecule has 6 nitrogen and oxygen atoms in total. The summed E-state index contributed by atoms with van der Waals surface area (Å²) >= 11 is 0. The maximum atomic E-state index is 12.7. The fraction of sp³-hybridized carbons (Fsp3) is 0.588. The SMILES string of the molecule is CCOP(=O)(CCN1CCN(C(C)=O)C1c1ccccc1)OCC. The van der Waals surface area contributed by atoms with Crippen molar-refractivity contribution < 1.29 is 18.4 Å². The van der Waals surface area contributed by atoms with Gasteiger partial charge in [0.05, 0.1) is 19.4 Å². The minimum Gasteiger partial charge on any atom is -0.322 e. The number of carbonyl (C=O) groups excluding carboxylic acids is 1. The van der Waals surface area contributed by atoms with Crippen LogP contribution in [0.5, 0.6) is 0 Å². The van der Waals surface area contributed by atoms with E-state index in [2.05, 4.69) is 4.90 Å². The lowest BCUT2D eigenvalue weighted by atomic mass is 10.1. The highest BCUT2D eigenvalue weighted by atomic mass is 31.2. The summed E-state index contributed by atoms with van der Waals surface area (Å²) in [5.41, 5.74) is 1.06. The number of amides is 1. The molecule has 0 bridgehead atoms. The predicted molar refractivity (Wildman–Crippen MR) is 93.9 cm³/mol. The Morgan fingerprint density at radius 3 is 2.33 bits per heavy atom. The lowest BCUT2D eigenvalue weighted by molar-refractivity contribution is -0.131. The number of benzene rings is 1. The van der Waals surface area contributed by atoms with E-state index in [0.717, 1.165) is 12.1 Å². The molecule has 1 saturated heterocycles. The molecule has 0 radical (unpaired) electrons. The number of carbonyl (C=O) groups is 1. The second-order valence-corrected chi connectivity index (χ2v) is 7.89. The van der Waals surface area contributed by atoms with Gasteiger partial charge >= 0.3 is 7.60 Å². The van der Waals surface area contributed by atoms with Crippen LogP contribution in [0.1, 0.15) is 32.5 Å². The molecule has 1 aliphatic rings. The van der Waals surface area contributed by atoms with Gasteiger partial charge in [0.15, 0.2) is 0 Å². The lowest BCUT2D eigenvalue weighted by Gasteiger charge is -2.30. The average molecular weight is 354 g/mol. The topological polar surface area (TPSA) is 59.1 Å². The fourth-order valence-electron chi connectivity index (χ4n) is 3.07. The first-order valence-corrected chi connectivity index (χ1v) is 10.2. The third-order valence-corrected chi connectivity index (χ3v) is 6.13. The first-order valence-electron chi connectivity index (χ1n) is 8.45. The summed E-state index contributed by atoms with van der Waals surface area (Å²) in [7, 11) is -3.08. The van der Waals surface area contributed by atoms with E-state index in [1.807, 2.05) is 49.1 Å². The smallest absolute Gasteiger partial charge is 0.322 e. The van der Waals surface area contributed by atoms with Gasteiger partial charge < -0.3 is 13.9 Å². The van der Waals surface area contributed by atoms with Crippen molar-refractivity contribution in [2.24, 2.45) is 0 Å². The van der Waals surface area contributed by atoms with Gasteiger partial charge in [0.1, 0.15) is 6.17 Å². The molecule has 1 aliphatic heterocycles. The Balaban J connectivity index is 2.13. The maximum absolute atomic E-state index is 12.7. The molecule has 0 saturated carbocycles. The molecule has 1 heterocycles. The van der Waals surface area contributed by atoms with E-state index in [4.69, 9.17) is 9.05 Å². The molecular weight excluding hydrogens is 327 g/mol. The van der Waals surface area contributed by atoms with Gasteiger partial charge in [-0.15, -0.1) is 0 Å². The molecule has 0 spiro atoms. The molecule has 1 amide bonds. The van der Waals surface area contributed by atoms with Crippen LogP contribution < -0.4 is 0 Å². The second kappa shape index (κ2) is 8.77. The average Bonchev–Trinajstić information content (AvgIpc) is 2.98. The van der Waals surface area contributed by atoms with Crippen LogP contribution in [-0.4, -0.2) is 54.7 Å². The molecule has 1 fully saturated rings. The Hall–Kier alpha value is -1.20. The van der Waals surface area contributed by atoms with Crippen LogP contribution in [0.25, 0.3) is 0 Å². The van der Waals surface area contributed by atoms with Gasteiger partial charge in [-0.2, -0.15) is 0 Å². The van der Waals surface area contributed by atoms with Crippen molar-refractivity contribution >= 4 is 13.5 Å². The Morgan fingerprint density at radius 1 is 1.17 bits per heavy atom. The summed E-state index contributed by atoms with van der Waals surface area (Å²) in [5, 5.41) is 0. The first-order chi connectivity index (χ1) is 11.5. The van der Waals surface area contributed by atoms with Gasteiger partial charge in [0.2, 0.25) is 5.91 Å². The van der Waals surface area contributed by atoms with E-state index >= 15 is 0 Å². The molecule has 1 unspecified atom stereocenters. The first kappa shape index (κ1) is 19.1. The minimum atomic E-state index is -3.08. The van der Waals surface area contributed by atoms with Crippen LogP contribution >= 0.6 is 7.60 Å². The standard InChI is InChI=1S/C17H27N2O4P/c1-4-22-24(21,23-5-2)14-13-18-11-12-19(15(3)20)17(18)16-9-7-6-8-10-16/h6-10,17H,4-5,11-14H2,1-3H3. The van der Waals surface area contributed by atoms with Crippen molar-refractivity contribution in [1.82, 2.24) is 9.80 Å². The Morgan fingerprint density at radius 2 is 1.79 bits per heavy atom. The van der Waals surface area contributed by atoms with Crippen molar-refractivity contribution in [1.29, 1.82) is 0 Å². The molecule has 1 aromatic carbocycles. The molecule has 0 aromatic heterocycles. The van der Waals surface area contributed by atoms with Crippen LogP contribution in [0.2, 0.25) is 0 Å². The highest BCUT2D eigenvalue weighted by molar-refractivity contribution is 7.53. The summed E-state index contributed by atoms with van der Waals surface area (Å²) in [5.74, 6) is 0.0455. The molecule has 1 atom stereocenters. The maximum Gasteiger partial charge on any atom is 0.331 e. The third-order valence-electron chi connectivity index (χ3n) is 4.08. The summed E-state index contributed by atoms with van der Waals surface area (Å²) in [6.45, 7) is 7.90. The summed E-state index contributed by atoms with van der Waals surface area (Å²) in [6.07, 6.45) is 0.199. The normalized spacial score (nSPS) is 19.0. The van der Waals surface area contributed by atoms with E-state index < -0.39 is 7.60 Å². The lowest BCUT2D eigenvalue weighted by Crippen LogP contribution is -2.35. The Bertz CT molecular complexity index is 571. The van der Waals surface area contributed by atoms with E-state index in [0.29, 0.717) is 32.5 Å². The van der Waals surface area contributed by atoms with Crippen molar-refractivity contribution in [2.75, 3.05) is 39.0 Å². The van der Waals surface area contributed by atoms with Gasteiger partial charge in [-0.3, -0.25) is 14.3 Å². The zero-order chi connectivity index (χ0) is 17.6. The van der Waals surface area contributed by atoms with E-state index in [9.17, 15) is 9.36 Å².